The Kier molecular flexibility index (Phi) is 11.9. The zero-order valence-corrected chi connectivity index (χ0v) is 18.8. The number of rotatable bonds is 10. The van der Waals surface area contributed by atoms with Crippen molar-refractivity contribution < 1.29 is 13.9 Å². The SMILES string of the molecule is CCNC(=NCc1coc(-c2ccccc2)n1)NCCCCCC(=O)OC.I. The van der Waals surface area contributed by atoms with Crippen molar-refractivity contribution in [3.8, 4) is 11.5 Å². The monoisotopic (exact) mass is 500 g/mol. The van der Waals surface area contributed by atoms with Gasteiger partial charge in [0, 0.05) is 25.1 Å². The standard InChI is InChI=1S/C20H28N4O3.HI/c1-3-21-20(22-13-9-5-8-12-18(25)26-2)23-14-17-15-27-19(24-17)16-10-6-4-7-11-16;/h4,6-7,10-11,15H,3,5,8-9,12-14H2,1-2H3,(H2,21,22,23);1H. The molecule has 1 aromatic carbocycles. The van der Waals surface area contributed by atoms with Crippen molar-refractivity contribution in [2.24, 2.45) is 4.99 Å². The molecule has 0 aliphatic heterocycles. The number of nitrogens with one attached hydrogen (secondary N) is 2. The Morgan fingerprint density at radius 1 is 1.18 bits per heavy atom. The minimum absolute atomic E-state index is 0. The predicted molar refractivity (Wildman–Crippen MR) is 121 cm³/mol. The Morgan fingerprint density at radius 3 is 2.68 bits per heavy atom. The lowest BCUT2D eigenvalue weighted by Crippen LogP contribution is -2.37. The summed E-state index contributed by atoms with van der Waals surface area (Å²) in [7, 11) is 1.42. The van der Waals surface area contributed by atoms with Gasteiger partial charge < -0.3 is 19.8 Å². The highest BCUT2D eigenvalue weighted by molar-refractivity contribution is 14.0. The first kappa shape index (κ1) is 23.9. The van der Waals surface area contributed by atoms with Gasteiger partial charge in [-0.3, -0.25) is 4.79 Å². The minimum atomic E-state index is -0.152. The molecule has 2 aromatic rings. The van der Waals surface area contributed by atoms with Crippen molar-refractivity contribution in [3.05, 3.63) is 42.3 Å². The molecule has 28 heavy (non-hydrogen) atoms. The van der Waals surface area contributed by atoms with Crippen LogP contribution in [0.15, 0.2) is 46.0 Å². The van der Waals surface area contributed by atoms with Gasteiger partial charge in [-0.1, -0.05) is 24.6 Å². The summed E-state index contributed by atoms with van der Waals surface area (Å²) in [5, 5.41) is 6.51. The van der Waals surface area contributed by atoms with E-state index in [1.165, 1.54) is 7.11 Å². The van der Waals surface area contributed by atoms with E-state index in [0.717, 1.165) is 49.6 Å². The second-order valence-electron chi connectivity index (χ2n) is 6.02. The van der Waals surface area contributed by atoms with Gasteiger partial charge in [-0.15, -0.1) is 24.0 Å². The molecule has 0 aliphatic rings. The molecule has 2 N–H and O–H groups in total. The molecule has 7 nitrogen and oxygen atoms in total. The molecule has 2 rings (SSSR count). The number of unbranched alkanes of at least 4 members (excludes halogenated alkanes) is 2. The zero-order valence-electron chi connectivity index (χ0n) is 16.4. The first-order chi connectivity index (χ1) is 13.2. The molecule has 154 valence electrons. The average Bonchev–Trinajstić information content (AvgIpc) is 3.18. The number of halogens is 1. The fraction of sp³-hybridized carbons (Fsp3) is 0.450. The summed E-state index contributed by atoms with van der Waals surface area (Å²) in [6.07, 6.45) is 4.88. The first-order valence-electron chi connectivity index (χ1n) is 9.31. The largest absolute Gasteiger partial charge is 0.469 e. The fourth-order valence-electron chi connectivity index (χ4n) is 2.47. The molecule has 1 aromatic heterocycles. The molecule has 8 heteroatoms. The van der Waals surface area contributed by atoms with Crippen LogP contribution < -0.4 is 10.6 Å². The van der Waals surface area contributed by atoms with Crippen LogP contribution in [-0.4, -0.2) is 37.1 Å². The van der Waals surface area contributed by atoms with Gasteiger partial charge in [0.05, 0.1) is 13.7 Å². The molecule has 1 heterocycles. The van der Waals surface area contributed by atoms with E-state index in [9.17, 15) is 4.79 Å². The van der Waals surface area contributed by atoms with Crippen molar-refractivity contribution in [2.45, 2.75) is 39.2 Å². The van der Waals surface area contributed by atoms with Crippen molar-refractivity contribution in [3.63, 3.8) is 0 Å². The molecular weight excluding hydrogens is 471 g/mol. The molecule has 0 bridgehead atoms. The third-order valence-corrected chi connectivity index (χ3v) is 3.89. The Morgan fingerprint density at radius 2 is 1.96 bits per heavy atom. The van der Waals surface area contributed by atoms with Gasteiger partial charge in [0.15, 0.2) is 5.96 Å². The molecule has 0 amide bonds. The third-order valence-electron chi connectivity index (χ3n) is 3.89. The van der Waals surface area contributed by atoms with Gasteiger partial charge in [-0.05, 0) is 31.9 Å². The van der Waals surface area contributed by atoms with Gasteiger partial charge in [-0.25, -0.2) is 9.98 Å². The van der Waals surface area contributed by atoms with Crippen molar-refractivity contribution in [1.82, 2.24) is 15.6 Å². The highest BCUT2D eigenvalue weighted by atomic mass is 127. The fourth-order valence-corrected chi connectivity index (χ4v) is 2.47. The van der Waals surface area contributed by atoms with Crippen LogP contribution >= 0.6 is 24.0 Å². The Hall–Kier alpha value is -2.10. The van der Waals surface area contributed by atoms with Gasteiger partial charge >= 0.3 is 5.97 Å². The summed E-state index contributed by atoms with van der Waals surface area (Å²) < 4.78 is 10.2. The zero-order chi connectivity index (χ0) is 19.3. The normalized spacial score (nSPS) is 10.9. The molecular formula is C20H29IN4O3. The summed E-state index contributed by atoms with van der Waals surface area (Å²) >= 11 is 0. The summed E-state index contributed by atoms with van der Waals surface area (Å²) in [5.74, 6) is 1.19. The number of oxazole rings is 1. The molecule has 0 fully saturated rings. The highest BCUT2D eigenvalue weighted by Crippen LogP contribution is 2.18. The second kappa shape index (κ2) is 14.0. The van der Waals surface area contributed by atoms with E-state index >= 15 is 0 Å². The summed E-state index contributed by atoms with van der Waals surface area (Å²) in [5.41, 5.74) is 1.73. The number of benzene rings is 1. The van der Waals surface area contributed by atoms with Crippen LogP contribution in [0.25, 0.3) is 11.5 Å². The number of aromatic nitrogens is 1. The van der Waals surface area contributed by atoms with E-state index in [4.69, 9.17) is 4.42 Å². The number of hydrogen-bond acceptors (Lipinski definition) is 5. The van der Waals surface area contributed by atoms with Crippen molar-refractivity contribution >= 4 is 35.9 Å². The van der Waals surface area contributed by atoms with Crippen molar-refractivity contribution in [1.29, 1.82) is 0 Å². The van der Waals surface area contributed by atoms with Gasteiger partial charge in [0.25, 0.3) is 0 Å². The number of aliphatic imine (C=N–C) groups is 1. The lowest BCUT2D eigenvalue weighted by Gasteiger charge is -2.10. The van der Waals surface area contributed by atoms with E-state index in [1.807, 2.05) is 37.3 Å². The topological polar surface area (TPSA) is 88.8 Å². The van der Waals surface area contributed by atoms with Gasteiger partial charge in [0.1, 0.15) is 12.0 Å². The number of guanidine groups is 1. The number of ether oxygens (including phenoxy) is 1. The first-order valence-corrected chi connectivity index (χ1v) is 9.31. The van der Waals surface area contributed by atoms with E-state index in [0.29, 0.717) is 18.9 Å². The molecule has 0 unspecified atom stereocenters. The Bertz CT molecular complexity index is 719. The molecule has 0 radical (unpaired) electrons. The van der Waals surface area contributed by atoms with Crippen LogP contribution in [0.4, 0.5) is 0 Å². The van der Waals surface area contributed by atoms with Crippen LogP contribution in [0.5, 0.6) is 0 Å². The smallest absolute Gasteiger partial charge is 0.305 e. The minimum Gasteiger partial charge on any atom is -0.469 e. The summed E-state index contributed by atoms with van der Waals surface area (Å²) in [6.45, 7) is 4.04. The summed E-state index contributed by atoms with van der Waals surface area (Å²) in [4.78, 5) is 20.1. The van der Waals surface area contributed by atoms with Crippen LogP contribution in [0.2, 0.25) is 0 Å². The molecule has 0 saturated heterocycles. The quantitative estimate of drug-likeness (QED) is 0.170. The maximum Gasteiger partial charge on any atom is 0.305 e. The summed E-state index contributed by atoms with van der Waals surface area (Å²) in [6, 6.07) is 9.79. The molecule has 0 spiro atoms. The Balaban J connectivity index is 0.00000392. The third kappa shape index (κ3) is 8.73. The number of nitrogens with zero attached hydrogens (tertiary/aromatic N) is 2. The van der Waals surface area contributed by atoms with Crippen LogP contribution in [0.3, 0.4) is 0 Å². The lowest BCUT2D eigenvalue weighted by molar-refractivity contribution is -0.140. The van der Waals surface area contributed by atoms with E-state index in [1.54, 1.807) is 6.26 Å². The van der Waals surface area contributed by atoms with E-state index < -0.39 is 0 Å². The van der Waals surface area contributed by atoms with Crippen LogP contribution in [-0.2, 0) is 16.1 Å². The molecule has 0 atom stereocenters. The number of carbonyl (C=O) groups excluding carboxylic acids is 1. The lowest BCUT2D eigenvalue weighted by atomic mass is 10.2. The van der Waals surface area contributed by atoms with Crippen LogP contribution in [0.1, 0.15) is 38.3 Å². The number of hydrogen-bond donors (Lipinski definition) is 2. The van der Waals surface area contributed by atoms with Gasteiger partial charge in [-0.2, -0.15) is 0 Å². The van der Waals surface area contributed by atoms with Gasteiger partial charge in [0.2, 0.25) is 5.89 Å². The average molecular weight is 500 g/mol. The predicted octanol–water partition coefficient (Wildman–Crippen LogP) is 3.75. The van der Waals surface area contributed by atoms with E-state index in [-0.39, 0.29) is 29.9 Å². The Labute approximate surface area is 183 Å². The second-order valence-corrected chi connectivity index (χ2v) is 6.02. The van der Waals surface area contributed by atoms with E-state index in [2.05, 4.69) is 25.3 Å². The van der Waals surface area contributed by atoms with Crippen LogP contribution in [0, 0.1) is 0 Å². The molecule has 0 saturated carbocycles. The number of esters is 1. The maximum absolute atomic E-state index is 11.1. The van der Waals surface area contributed by atoms with Crippen molar-refractivity contribution in [2.75, 3.05) is 20.2 Å². The maximum atomic E-state index is 11.1. The molecule has 0 aliphatic carbocycles. The highest BCUT2D eigenvalue weighted by Gasteiger charge is 2.06. The number of methoxy groups -OCH3 is 1. The number of carbonyl (C=O) groups is 1.